The molecule has 4 nitrogen and oxygen atoms in total. The van der Waals surface area contributed by atoms with Gasteiger partial charge in [-0.15, -0.1) is 0 Å². The van der Waals surface area contributed by atoms with E-state index in [0.717, 1.165) is 41.6 Å². The van der Waals surface area contributed by atoms with E-state index >= 15 is 0 Å². The van der Waals surface area contributed by atoms with Gasteiger partial charge in [-0.25, -0.2) is 0 Å². The molecule has 0 bridgehead atoms. The highest BCUT2D eigenvalue weighted by molar-refractivity contribution is 9.10. The molecule has 1 saturated heterocycles. The molecule has 0 radical (unpaired) electrons. The van der Waals surface area contributed by atoms with Crippen LogP contribution in [0.25, 0.3) is 0 Å². The molecular weight excluding hydrogens is 332 g/mol. The minimum atomic E-state index is -0.448. The van der Waals surface area contributed by atoms with Gasteiger partial charge in [0.15, 0.2) is 0 Å². The molecule has 2 atom stereocenters. The first-order valence-corrected chi connectivity index (χ1v) is 8.15. The molecule has 1 aromatic rings. The Morgan fingerprint density at radius 1 is 1.48 bits per heavy atom. The van der Waals surface area contributed by atoms with Crippen LogP contribution in [0.5, 0.6) is 5.75 Å². The highest BCUT2D eigenvalue weighted by atomic mass is 79.9. The standard InChI is InChI=1S/C16H23BrN2O2/c1-11(12-6-7-14(21-3)13(17)10-12)19-15(20)16(2)8-4-5-9-18-16/h6-7,10-11,18H,4-5,8-9H2,1-3H3,(H,19,20). The first kappa shape index (κ1) is 16.3. The Morgan fingerprint density at radius 2 is 2.24 bits per heavy atom. The Morgan fingerprint density at radius 3 is 2.81 bits per heavy atom. The van der Waals surface area contributed by atoms with E-state index in [-0.39, 0.29) is 11.9 Å². The first-order valence-electron chi connectivity index (χ1n) is 7.36. The van der Waals surface area contributed by atoms with Crippen LogP contribution in [0.15, 0.2) is 22.7 Å². The summed E-state index contributed by atoms with van der Waals surface area (Å²) in [6.45, 7) is 4.89. The maximum atomic E-state index is 12.5. The van der Waals surface area contributed by atoms with Crippen molar-refractivity contribution in [2.24, 2.45) is 0 Å². The van der Waals surface area contributed by atoms with Crippen molar-refractivity contribution in [3.05, 3.63) is 28.2 Å². The molecule has 1 aliphatic rings. The van der Waals surface area contributed by atoms with Crippen molar-refractivity contribution in [3.63, 3.8) is 0 Å². The summed E-state index contributed by atoms with van der Waals surface area (Å²) in [4.78, 5) is 12.5. The lowest BCUT2D eigenvalue weighted by Gasteiger charge is -2.34. The molecule has 21 heavy (non-hydrogen) atoms. The van der Waals surface area contributed by atoms with E-state index in [9.17, 15) is 4.79 Å². The monoisotopic (exact) mass is 354 g/mol. The van der Waals surface area contributed by atoms with Crippen molar-refractivity contribution in [1.82, 2.24) is 10.6 Å². The quantitative estimate of drug-likeness (QED) is 0.872. The molecule has 2 rings (SSSR count). The molecule has 2 N–H and O–H groups in total. The van der Waals surface area contributed by atoms with Gasteiger partial charge >= 0.3 is 0 Å². The maximum Gasteiger partial charge on any atom is 0.240 e. The second kappa shape index (κ2) is 6.79. The SMILES string of the molecule is COc1ccc(C(C)NC(=O)C2(C)CCCCN2)cc1Br. The van der Waals surface area contributed by atoms with Gasteiger partial charge in [-0.05, 0) is 73.3 Å². The van der Waals surface area contributed by atoms with E-state index in [1.165, 1.54) is 0 Å². The molecule has 0 spiro atoms. The van der Waals surface area contributed by atoms with Crippen molar-refractivity contribution in [3.8, 4) is 5.75 Å². The molecule has 0 saturated carbocycles. The molecule has 1 aliphatic heterocycles. The van der Waals surface area contributed by atoms with Crippen LogP contribution in [-0.2, 0) is 4.79 Å². The predicted molar refractivity (Wildman–Crippen MR) is 87.5 cm³/mol. The summed E-state index contributed by atoms with van der Waals surface area (Å²) in [6, 6.07) is 5.83. The average molecular weight is 355 g/mol. The Hall–Kier alpha value is -1.07. The number of methoxy groups -OCH3 is 1. The highest BCUT2D eigenvalue weighted by Gasteiger charge is 2.34. The van der Waals surface area contributed by atoms with Crippen LogP contribution < -0.4 is 15.4 Å². The van der Waals surface area contributed by atoms with Gasteiger partial charge in [-0.1, -0.05) is 6.07 Å². The fourth-order valence-electron chi connectivity index (χ4n) is 2.64. The Balaban J connectivity index is 2.05. The van der Waals surface area contributed by atoms with Crippen molar-refractivity contribution >= 4 is 21.8 Å². The summed E-state index contributed by atoms with van der Waals surface area (Å²) in [5.74, 6) is 0.861. The van der Waals surface area contributed by atoms with Crippen LogP contribution in [0.2, 0.25) is 0 Å². The van der Waals surface area contributed by atoms with Crippen LogP contribution in [-0.4, -0.2) is 25.1 Å². The Labute approximate surface area is 134 Å². The van der Waals surface area contributed by atoms with Gasteiger partial charge in [-0.2, -0.15) is 0 Å². The van der Waals surface area contributed by atoms with Gasteiger partial charge < -0.3 is 15.4 Å². The molecule has 1 aromatic carbocycles. The minimum absolute atomic E-state index is 0.0414. The van der Waals surface area contributed by atoms with Gasteiger partial charge in [0.2, 0.25) is 5.91 Å². The number of piperidine rings is 1. The van der Waals surface area contributed by atoms with Gasteiger partial charge in [0.25, 0.3) is 0 Å². The number of carbonyl (C=O) groups excluding carboxylic acids is 1. The molecule has 2 unspecified atom stereocenters. The molecule has 0 aliphatic carbocycles. The summed E-state index contributed by atoms with van der Waals surface area (Å²) < 4.78 is 6.12. The van der Waals surface area contributed by atoms with Crippen molar-refractivity contribution in [2.75, 3.05) is 13.7 Å². The number of hydrogen-bond donors (Lipinski definition) is 2. The first-order chi connectivity index (χ1) is 9.96. The molecule has 116 valence electrons. The van der Waals surface area contributed by atoms with Crippen LogP contribution in [0.3, 0.4) is 0 Å². The number of nitrogens with one attached hydrogen (secondary N) is 2. The lowest BCUT2D eigenvalue weighted by molar-refractivity contribution is -0.128. The normalized spacial score (nSPS) is 23.4. The number of benzene rings is 1. The number of hydrogen-bond acceptors (Lipinski definition) is 3. The summed E-state index contributed by atoms with van der Waals surface area (Å²) in [6.07, 6.45) is 3.13. The van der Waals surface area contributed by atoms with Crippen molar-refractivity contribution in [1.29, 1.82) is 0 Å². The van der Waals surface area contributed by atoms with E-state index in [0.29, 0.717) is 0 Å². The minimum Gasteiger partial charge on any atom is -0.496 e. The molecule has 1 amide bonds. The van der Waals surface area contributed by atoms with Crippen LogP contribution in [0.1, 0.15) is 44.7 Å². The van der Waals surface area contributed by atoms with E-state index < -0.39 is 5.54 Å². The fraction of sp³-hybridized carbons (Fsp3) is 0.562. The predicted octanol–water partition coefficient (Wildman–Crippen LogP) is 3.17. The Bertz CT molecular complexity index is 513. The number of amides is 1. The zero-order valence-electron chi connectivity index (χ0n) is 12.8. The van der Waals surface area contributed by atoms with Gasteiger partial charge in [0.05, 0.1) is 23.2 Å². The second-order valence-corrected chi connectivity index (χ2v) is 6.66. The summed E-state index contributed by atoms with van der Waals surface area (Å²) in [5, 5.41) is 6.45. The number of carbonyl (C=O) groups is 1. The molecule has 0 aromatic heterocycles. The third-order valence-electron chi connectivity index (χ3n) is 4.14. The van der Waals surface area contributed by atoms with E-state index in [1.807, 2.05) is 32.0 Å². The van der Waals surface area contributed by atoms with Crippen molar-refractivity contribution < 1.29 is 9.53 Å². The molecular formula is C16H23BrN2O2. The summed E-state index contributed by atoms with van der Waals surface area (Å²) in [7, 11) is 1.64. The topological polar surface area (TPSA) is 50.4 Å². The molecule has 1 fully saturated rings. The van der Waals surface area contributed by atoms with Crippen LogP contribution in [0.4, 0.5) is 0 Å². The number of ether oxygens (including phenoxy) is 1. The lowest BCUT2D eigenvalue weighted by atomic mass is 9.89. The zero-order valence-corrected chi connectivity index (χ0v) is 14.4. The van der Waals surface area contributed by atoms with Gasteiger partial charge in [-0.3, -0.25) is 4.79 Å². The fourth-order valence-corrected chi connectivity index (χ4v) is 3.20. The van der Waals surface area contributed by atoms with Gasteiger partial charge in [0, 0.05) is 0 Å². The van der Waals surface area contributed by atoms with E-state index in [2.05, 4.69) is 26.6 Å². The van der Waals surface area contributed by atoms with Gasteiger partial charge in [0.1, 0.15) is 5.75 Å². The summed E-state index contributed by atoms with van der Waals surface area (Å²) in [5.41, 5.74) is 0.603. The van der Waals surface area contributed by atoms with E-state index in [4.69, 9.17) is 4.74 Å². The van der Waals surface area contributed by atoms with E-state index in [1.54, 1.807) is 7.11 Å². The lowest BCUT2D eigenvalue weighted by Crippen LogP contribution is -2.57. The average Bonchev–Trinajstić information content (AvgIpc) is 2.47. The third-order valence-corrected chi connectivity index (χ3v) is 4.76. The second-order valence-electron chi connectivity index (χ2n) is 5.81. The maximum absolute atomic E-state index is 12.5. The number of rotatable bonds is 4. The highest BCUT2D eigenvalue weighted by Crippen LogP contribution is 2.28. The third kappa shape index (κ3) is 3.77. The van der Waals surface area contributed by atoms with Crippen LogP contribution in [0, 0.1) is 0 Å². The Kier molecular flexibility index (Phi) is 5.27. The molecule has 1 heterocycles. The zero-order chi connectivity index (χ0) is 15.5. The number of halogens is 1. The largest absolute Gasteiger partial charge is 0.496 e. The smallest absolute Gasteiger partial charge is 0.240 e. The molecule has 5 heteroatoms. The summed E-state index contributed by atoms with van der Waals surface area (Å²) >= 11 is 3.48. The van der Waals surface area contributed by atoms with Crippen molar-refractivity contribution in [2.45, 2.75) is 44.7 Å². The van der Waals surface area contributed by atoms with Crippen LogP contribution >= 0.6 is 15.9 Å².